The topological polar surface area (TPSA) is 61.8 Å². The first kappa shape index (κ1) is 22.3. The second-order valence-corrected chi connectivity index (χ2v) is 7.10. The third kappa shape index (κ3) is 8.33. The monoisotopic (exact) mass is 401 g/mol. The van der Waals surface area contributed by atoms with E-state index in [0.29, 0.717) is 11.5 Å². The van der Waals surface area contributed by atoms with Gasteiger partial charge in [-0.05, 0) is 50.9 Å². The van der Waals surface area contributed by atoms with Crippen molar-refractivity contribution in [2.24, 2.45) is 10.9 Å². The first-order valence-corrected chi connectivity index (χ1v) is 9.67. The number of rotatable bonds is 8. The second kappa shape index (κ2) is 11.1. The lowest BCUT2D eigenvalue weighted by molar-refractivity contribution is -0.154. The van der Waals surface area contributed by atoms with Gasteiger partial charge in [0.15, 0.2) is 12.6 Å². The first-order valence-electron chi connectivity index (χ1n) is 9.67. The molecule has 0 aliphatic carbocycles. The molecule has 1 saturated heterocycles. The van der Waals surface area contributed by atoms with Crippen LogP contribution in [0.1, 0.15) is 31.7 Å². The summed E-state index contributed by atoms with van der Waals surface area (Å²) in [6, 6.07) is 3.34. The van der Waals surface area contributed by atoms with Crippen LogP contribution in [0.4, 0.5) is 13.2 Å². The maximum Gasteiger partial charge on any atom is 0.422 e. The highest BCUT2D eigenvalue weighted by Crippen LogP contribution is 2.20. The molecule has 0 atom stereocenters. The summed E-state index contributed by atoms with van der Waals surface area (Å²) in [5, 5.41) is 6.33. The summed E-state index contributed by atoms with van der Waals surface area (Å²) in [7, 11) is 1.66. The van der Waals surface area contributed by atoms with Crippen molar-refractivity contribution in [3.05, 3.63) is 23.9 Å². The van der Waals surface area contributed by atoms with E-state index in [0.717, 1.165) is 38.5 Å². The summed E-state index contributed by atoms with van der Waals surface area (Å²) >= 11 is 0. The fraction of sp³-hybridized carbons (Fsp3) is 0.684. The molecule has 1 fully saturated rings. The van der Waals surface area contributed by atoms with Gasteiger partial charge in [0.2, 0.25) is 5.88 Å². The number of hydrogen-bond acceptors (Lipinski definition) is 4. The number of guanidine groups is 1. The largest absolute Gasteiger partial charge is 0.468 e. The van der Waals surface area contributed by atoms with Gasteiger partial charge >= 0.3 is 6.18 Å². The van der Waals surface area contributed by atoms with Crippen LogP contribution < -0.4 is 15.4 Å². The highest BCUT2D eigenvalue weighted by atomic mass is 19.4. The standard InChI is InChI=1S/C19H30F3N5O/c1-15-6-11-27(12-7-15)10-4-9-25-18(23-2)26-13-16-5-3-8-24-17(16)28-14-19(20,21)22/h3,5,8,15H,4,6-7,9-14H2,1-2H3,(H2,23,25,26). The van der Waals surface area contributed by atoms with Crippen LogP contribution >= 0.6 is 0 Å². The molecular weight excluding hydrogens is 371 g/mol. The van der Waals surface area contributed by atoms with E-state index < -0.39 is 12.8 Å². The van der Waals surface area contributed by atoms with E-state index in [2.05, 4.69) is 32.4 Å². The van der Waals surface area contributed by atoms with Gasteiger partial charge in [-0.15, -0.1) is 0 Å². The zero-order chi connectivity index (χ0) is 20.4. The zero-order valence-corrected chi connectivity index (χ0v) is 16.6. The van der Waals surface area contributed by atoms with E-state index in [1.54, 1.807) is 19.2 Å². The number of hydrogen-bond donors (Lipinski definition) is 2. The van der Waals surface area contributed by atoms with Crippen molar-refractivity contribution in [1.29, 1.82) is 0 Å². The molecule has 0 amide bonds. The maximum atomic E-state index is 12.4. The first-order chi connectivity index (χ1) is 13.4. The van der Waals surface area contributed by atoms with Crippen molar-refractivity contribution >= 4 is 5.96 Å². The lowest BCUT2D eigenvalue weighted by Gasteiger charge is -2.30. The Balaban J connectivity index is 1.72. The van der Waals surface area contributed by atoms with E-state index in [4.69, 9.17) is 4.74 Å². The van der Waals surface area contributed by atoms with Crippen LogP contribution in [-0.2, 0) is 6.54 Å². The molecule has 1 aliphatic rings. The maximum absolute atomic E-state index is 12.4. The van der Waals surface area contributed by atoms with Gasteiger partial charge in [0.05, 0.1) is 0 Å². The summed E-state index contributed by atoms with van der Waals surface area (Å²) in [5.74, 6) is 1.40. The minimum absolute atomic E-state index is 0.0258. The Bertz CT molecular complexity index is 616. The minimum Gasteiger partial charge on any atom is -0.468 e. The van der Waals surface area contributed by atoms with Crippen molar-refractivity contribution < 1.29 is 17.9 Å². The van der Waals surface area contributed by atoms with Crippen molar-refractivity contribution in [3.63, 3.8) is 0 Å². The number of aliphatic imine (C=N–C) groups is 1. The number of pyridine rings is 1. The van der Waals surface area contributed by atoms with Gasteiger partial charge in [0.1, 0.15) is 0 Å². The molecule has 2 N–H and O–H groups in total. The molecule has 0 aromatic carbocycles. The molecule has 6 nitrogen and oxygen atoms in total. The lowest BCUT2D eigenvalue weighted by Crippen LogP contribution is -2.39. The van der Waals surface area contributed by atoms with Crippen LogP contribution in [0.25, 0.3) is 0 Å². The van der Waals surface area contributed by atoms with Crippen LogP contribution in [0.3, 0.4) is 0 Å². The summed E-state index contributed by atoms with van der Waals surface area (Å²) in [4.78, 5) is 10.5. The second-order valence-electron chi connectivity index (χ2n) is 7.10. The third-order valence-electron chi connectivity index (χ3n) is 4.71. The van der Waals surface area contributed by atoms with Gasteiger partial charge in [0.25, 0.3) is 0 Å². The number of nitrogens with one attached hydrogen (secondary N) is 2. The van der Waals surface area contributed by atoms with Gasteiger partial charge in [-0.2, -0.15) is 13.2 Å². The average molecular weight is 401 g/mol. The number of piperidine rings is 1. The summed E-state index contributed by atoms with van der Waals surface area (Å²) < 4.78 is 41.9. The van der Waals surface area contributed by atoms with Crippen LogP contribution in [0.15, 0.2) is 23.3 Å². The van der Waals surface area contributed by atoms with E-state index in [1.807, 2.05) is 0 Å². The molecule has 0 radical (unpaired) electrons. The fourth-order valence-electron chi connectivity index (χ4n) is 3.03. The van der Waals surface area contributed by atoms with Gasteiger partial charge in [-0.1, -0.05) is 13.0 Å². The predicted octanol–water partition coefficient (Wildman–Crippen LogP) is 2.81. The summed E-state index contributed by atoms with van der Waals surface area (Å²) in [6.45, 7) is 5.36. The van der Waals surface area contributed by atoms with E-state index in [1.165, 1.54) is 19.0 Å². The molecule has 0 bridgehead atoms. The lowest BCUT2D eigenvalue weighted by atomic mass is 9.99. The zero-order valence-electron chi connectivity index (χ0n) is 16.6. The van der Waals surface area contributed by atoms with Gasteiger partial charge < -0.3 is 20.3 Å². The molecule has 0 unspecified atom stereocenters. The number of alkyl halides is 3. The summed E-state index contributed by atoms with van der Waals surface area (Å²) in [6.07, 6.45) is 0.540. The fourth-order valence-corrected chi connectivity index (χ4v) is 3.03. The number of halogens is 3. The molecule has 28 heavy (non-hydrogen) atoms. The number of ether oxygens (including phenoxy) is 1. The Morgan fingerprint density at radius 3 is 2.75 bits per heavy atom. The Kier molecular flexibility index (Phi) is 8.82. The Morgan fingerprint density at radius 1 is 1.32 bits per heavy atom. The summed E-state index contributed by atoms with van der Waals surface area (Å²) in [5.41, 5.74) is 0.539. The Morgan fingerprint density at radius 2 is 2.07 bits per heavy atom. The molecule has 0 saturated carbocycles. The SMILES string of the molecule is CN=C(NCCCN1CCC(C)CC1)NCc1cccnc1OCC(F)(F)F. The average Bonchev–Trinajstić information content (AvgIpc) is 2.67. The van der Waals surface area contributed by atoms with Crippen molar-refractivity contribution in [3.8, 4) is 5.88 Å². The van der Waals surface area contributed by atoms with Crippen LogP contribution in [0.5, 0.6) is 5.88 Å². The van der Waals surface area contributed by atoms with E-state index in [9.17, 15) is 13.2 Å². The van der Waals surface area contributed by atoms with Crippen LogP contribution in [-0.4, -0.2) is 61.9 Å². The molecule has 2 heterocycles. The number of likely N-dealkylation sites (tertiary alicyclic amines) is 1. The molecule has 1 aromatic heterocycles. The normalized spacial score (nSPS) is 16.8. The highest BCUT2D eigenvalue weighted by Gasteiger charge is 2.29. The number of aromatic nitrogens is 1. The van der Waals surface area contributed by atoms with E-state index in [-0.39, 0.29) is 12.4 Å². The molecule has 0 spiro atoms. The predicted molar refractivity (Wildman–Crippen MR) is 103 cm³/mol. The van der Waals surface area contributed by atoms with Crippen LogP contribution in [0, 0.1) is 5.92 Å². The quantitative estimate of drug-likeness (QED) is 0.399. The van der Waals surface area contributed by atoms with Crippen molar-refractivity contribution in [1.82, 2.24) is 20.5 Å². The molecule has 1 aromatic rings. The molecule has 1 aliphatic heterocycles. The van der Waals surface area contributed by atoms with Gasteiger partial charge in [-0.3, -0.25) is 4.99 Å². The third-order valence-corrected chi connectivity index (χ3v) is 4.71. The van der Waals surface area contributed by atoms with Crippen molar-refractivity contribution in [2.45, 2.75) is 38.9 Å². The van der Waals surface area contributed by atoms with Gasteiger partial charge in [-0.25, -0.2) is 4.98 Å². The molecule has 158 valence electrons. The van der Waals surface area contributed by atoms with Crippen LogP contribution in [0.2, 0.25) is 0 Å². The van der Waals surface area contributed by atoms with Gasteiger partial charge in [0, 0.05) is 31.9 Å². The highest BCUT2D eigenvalue weighted by molar-refractivity contribution is 5.79. The Hall–Kier alpha value is -2.03. The molecule has 2 rings (SSSR count). The van der Waals surface area contributed by atoms with Crippen molar-refractivity contribution in [2.75, 3.05) is 39.8 Å². The smallest absolute Gasteiger partial charge is 0.422 e. The van der Waals surface area contributed by atoms with E-state index >= 15 is 0 Å². The number of nitrogens with zero attached hydrogens (tertiary/aromatic N) is 3. The molecule has 9 heteroatoms. The molecular formula is C19H30F3N5O. The minimum atomic E-state index is -4.40. The Labute approximate surface area is 164 Å².